The number of aryl methyl sites for hydroxylation is 2. The van der Waals surface area contributed by atoms with Crippen molar-refractivity contribution in [2.45, 2.75) is 46.9 Å². The molecular formula is C16H24N4O. The molecule has 0 unspecified atom stereocenters. The molecule has 0 aliphatic heterocycles. The molecule has 0 radical (unpaired) electrons. The molecule has 21 heavy (non-hydrogen) atoms. The van der Waals surface area contributed by atoms with Gasteiger partial charge in [0.1, 0.15) is 23.7 Å². The highest BCUT2D eigenvalue weighted by Gasteiger charge is 2.12. The number of aromatic nitrogens is 3. The lowest BCUT2D eigenvalue weighted by Crippen LogP contribution is -2.12. The van der Waals surface area contributed by atoms with E-state index in [1.165, 1.54) is 5.56 Å². The average Bonchev–Trinajstić information content (AvgIpc) is 2.86. The number of hydrogen-bond donors (Lipinski definition) is 1. The van der Waals surface area contributed by atoms with Crippen LogP contribution in [0, 0.1) is 12.8 Å². The zero-order valence-corrected chi connectivity index (χ0v) is 13.0. The van der Waals surface area contributed by atoms with Crippen LogP contribution in [0.5, 0.6) is 5.75 Å². The van der Waals surface area contributed by atoms with Crippen LogP contribution in [0.4, 0.5) is 0 Å². The zero-order chi connectivity index (χ0) is 15.2. The van der Waals surface area contributed by atoms with E-state index in [1.807, 2.05) is 28.9 Å². The van der Waals surface area contributed by atoms with Crippen molar-refractivity contribution in [2.24, 2.45) is 11.7 Å². The van der Waals surface area contributed by atoms with Gasteiger partial charge in [-0.15, -0.1) is 5.10 Å². The molecule has 0 atom stereocenters. The summed E-state index contributed by atoms with van der Waals surface area (Å²) in [7, 11) is 0. The van der Waals surface area contributed by atoms with E-state index in [2.05, 4.69) is 31.1 Å². The van der Waals surface area contributed by atoms with Crippen LogP contribution in [0.2, 0.25) is 0 Å². The van der Waals surface area contributed by atoms with E-state index in [4.69, 9.17) is 10.5 Å². The van der Waals surface area contributed by atoms with Crippen LogP contribution in [-0.2, 0) is 19.7 Å². The monoisotopic (exact) mass is 288 g/mol. The zero-order valence-electron chi connectivity index (χ0n) is 13.0. The van der Waals surface area contributed by atoms with Gasteiger partial charge >= 0.3 is 0 Å². The smallest absolute Gasteiger partial charge is 0.132 e. The molecule has 0 saturated heterocycles. The van der Waals surface area contributed by atoms with Gasteiger partial charge in [-0.2, -0.15) is 0 Å². The predicted octanol–water partition coefficient (Wildman–Crippen LogP) is 2.67. The van der Waals surface area contributed by atoms with Crippen LogP contribution in [0.15, 0.2) is 24.3 Å². The Morgan fingerprint density at radius 2 is 1.95 bits per heavy atom. The fourth-order valence-corrected chi connectivity index (χ4v) is 2.03. The molecule has 2 N–H and O–H groups in total. The molecule has 0 fully saturated rings. The lowest BCUT2D eigenvalue weighted by atomic mass is 10.1. The van der Waals surface area contributed by atoms with Gasteiger partial charge in [-0.1, -0.05) is 36.8 Å². The number of ether oxygens (including phenoxy) is 1. The highest BCUT2D eigenvalue weighted by molar-refractivity contribution is 5.26. The molecule has 5 nitrogen and oxygen atoms in total. The maximum Gasteiger partial charge on any atom is 0.132 e. The van der Waals surface area contributed by atoms with Crippen molar-refractivity contribution >= 4 is 0 Å². The van der Waals surface area contributed by atoms with Crippen molar-refractivity contribution in [3.05, 3.63) is 41.2 Å². The normalized spacial score (nSPS) is 11.1. The molecule has 114 valence electrons. The largest absolute Gasteiger partial charge is 0.487 e. The second-order valence-electron chi connectivity index (χ2n) is 5.69. The quantitative estimate of drug-likeness (QED) is 0.850. The van der Waals surface area contributed by atoms with Crippen LogP contribution in [-0.4, -0.2) is 15.0 Å². The second kappa shape index (κ2) is 7.22. The Labute approximate surface area is 126 Å². The molecule has 1 aromatic carbocycles. The van der Waals surface area contributed by atoms with Gasteiger partial charge in [0, 0.05) is 13.1 Å². The number of rotatable bonds is 7. The Balaban J connectivity index is 2.06. The third kappa shape index (κ3) is 4.29. The molecule has 0 amide bonds. The average molecular weight is 288 g/mol. The summed E-state index contributed by atoms with van der Waals surface area (Å²) < 4.78 is 7.75. The summed E-state index contributed by atoms with van der Waals surface area (Å²) >= 11 is 0. The van der Waals surface area contributed by atoms with Gasteiger partial charge in [0.25, 0.3) is 0 Å². The molecule has 2 rings (SSSR count). The summed E-state index contributed by atoms with van der Waals surface area (Å²) in [6.07, 6.45) is 1.06. The summed E-state index contributed by atoms with van der Waals surface area (Å²) in [6, 6.07) is 8.01. The molecule has 0 spiro atoms. The maximum atomic E-state index is 5.84. The van der Waals surface area contributed by atoms with Crippen LogP contribution >= 0.6 is 0 Å². The van der Waals surface area contributed by atoms with Gasteiger partial charge in [0.05, 0.1) is 0 Å². The van der Waals surface area contributed by atoms with E-state index in [0.29, 0.717) is 19.1 Å². The summed E-state index contributed by atoms with van der Waals surface area (Å²) in [5, 5.41) is 8.34. The minimum Gasteiger partial charge on any atom is -0.487 e. The van der Waals surface area contributed by atoms with Gasteiger partial charge < -0.3 is 10.5 Å². The molecule has 2 aromatic rings. The van der Waals surface area contributed by atoms with Crippen molar-refractivity contribution in [1.82, 2.24) is 15.0 Å². The SMILES string of the molecule is Cc1ccc(OCc2c(CN)nnn2CCC(C)C)cc1. The van der Waals surface area contributed by atoms with E-state index in [0.717, 1.165) is 30.1 Å². The lowest BCUT2D eigenvalue weighted by Gasteiger charge is -2.11. The van der Waals surface area contributed by atoms with Gasteiger partial charge in [-0.05, 0) is 31.4 Å². The van der Waals surface area contributed by atoms with Gasteiger partial charge in [-0.3, -0.25) is 0 Å². The minimum atomic E-state index is 0.383. The van der Waals surface area contributed by atoms with Gasteiger partial charge in [0.15, 0.2) is 0 Å². The molecule has 0 saturated carbocycles. The Bertz CT molecular complexity index is 560. The van der Waals surface area contributed by atoms with E-state index >= 15 is 0 Å². The first-order valence-electron chi connectivity index (χ1n) is 7.41. The van der Waals surface area contributed by atoms with Crippen LogP contribution in [0.1, 0.15) is 37.2 Å². The highest BCUT2D eigenvalue weighted by atomic mass is 16.5. The van der Waals surface area contributed by atoms with Gasteiger partial charge in [0.2, 0.25) is 0 Å². The van der Waals surface area contributed by atoms with Crippen molar-refractivity contribution in [1.29, 1.82) is 0 Å². The van der Waals surface area contributed by atoms with E-state index < -0.39 is 0 Å². The van der Waals surface area contributed by atoms with Crippen LogP contribution < -0.4 is 10.5 Å². The maximum absolute atomic E-state index is 5.84. The van der Waals surface area contributed by atoms with Crippen molar-refractivity contribution in [3.8, 4) is 5.75 Å². The Kier molecular flexibility index (Phi) is 5.33. The minimum absolute atomic E-state index is 0.383. The van der Waals surface area contributed by atoms with Gasteiger partial charge in [-0.25, -0.2) is 4.68 Å². The van der Waals surface area contributed by atoms with Crippen LogP contribution in [0.25, 0.3) is 0 Å². The standard InChI is InChI=1S/C16H24N4O/c1-12(2)8-9-20-16(15(10-17)18-19-20)11-21-14-6-4-13(3)5-7-14/h4-7,12H,8-11,17H2,1-3H3. The number of nitrogens with zero attached hydrogens (tertiary/aromatic N) is 3. The first kappa shape index (κ1) is 15.5. The van der Waals surface area contributed by atoms with Crippen molar-refractivity contribution in [3.63, 3.8) is 0 Å². The van der Waals surface area contributed by atoms with E-state index in [-0.39, 0.29) is 0 Å². The lowest BCUT2D eigenvalue weighted by molar-refractivity contribution is 0.288. The third-order valence-electron chi connectivity index (χ3n) is 3.43. The molecule has 1 aromatic heterocycles. The summed E-state index contributed by atoms with van der Waals surface area (Å²) in [5.74, 6) is 1.47. The molecule has 0 aliphatic carbocycles. The topological polar surface area (TPSA) is 66.0 Å². The van der Waals surface area contributed by atoms with E-state index in [9.17, 15) is 0 Å². The van der Waals surface area contributed by atoms with Crippen molar-refractivity contribution in [2.75, 3.05) is 0 Å². The number of nitrogens with two attached hydrogens (primary N) is 1. The first-order valence-corrected chi connectivity index (χ1v) is 7.41. The van der Waals surface area contributed by atoms with Crippen molar-refractivity contribution < 1.29 is 4.74 Å². The Morgan fingerprint density at radius 1 is 1.24 bits per heavy atom. The van der Waals surface area contributed by atoms with E-state index in [1.54, 1.807) is 0 Å². The molecular weight excluding hydrogens is 264 g/mol. The Hall–Kier alpha value is -1.88. The number of hydrogen-bond acceptors (Lipinski definition) is 4. The fourth-order valence-electron chi connectivity index (χ4n) is 2.03. The fraction of sp³-hybridized carbons (Fsp3) is 0.500. The molecule has 5 heteroatoms. The third-order valence-corrected chi connectivity index (χ3v) is 3.43. The second-order valence-corrected chi connectivity index (χ2v) is 5.69. The Morgan fingerprint density at radius 3 is 2.57 bits per heavy atom. The molecule has 1 heterocycles. The molecule has 0 aliphatic rings. The summed E-state index contributed by atoms with van der Waals surface area (Å²) in [5.41, 5.74) is 8.74. The predicted molar refractivity (Wildman–Crippen MR) is 82.9 cm³/mol. The number of benzene rings is 1. The highest BCUT2D eigenvalue weighted by Crippen LogP contribution is 2.15. The molecule has 0 bridgehead atoms. The first-order chi connectivity index (χ1) is 10.1. The van der Waals surface area contributed by atoms with Crippen LogP contribution in [0.3, 0.4) is 0 Å². The summed E-state index contributed by atoms with van der Waals surface area (Å²) in [6.45, 7) is 8.12. The summed E-state index contributed by atoms with van der Waals surface area (Å²) in [4.78, 5) is 0.